The lowest BCUT2D eigenvalue weighted by molar-refractivity contribution is -0.779. The lowest BCUT2D eigenvalue weighted by Gasteiger charge is -2.04. The van der Waals surface area contributed by atoms with Gasteiger partial charge in [0.05, 0.1) is 17.6 Å². The Morgan fingerprint density at radius 2 is 2.18 bits per heavy atom. The van der Waals surface area contributed by atoms with Gasteiger partial charge in [0.15, 0.2) is 17.5 Å². The number of carbonyl (C=O) groups excluding carboxylic acids is 1. The standard InChI is InChI=1S/C17H16N6O4S/c1-10(2)23-7-16(27-22-23)20-15(24)8-28-17-19-12(6-18-21-17)11-3-4-13-14(5-11)26-9-25-13/h3-7,10H,8-9H2,1-2H3/p+1. The molecule has 0 spiro atoms. The zero-order valence-electron chi connectivity index (χ0n) is 15.2. The van der Waals surface area contributed by atoms with E-state index >= 15 is 0 Å². The smallest absolute Gasteiger partial charge is 0.302 e. The van der Waals surface area contributed by atoms with Crippen LogP contribution in [0.3, 0.4) is 0 Å². The minimum Gasteiger partial charge on any atom is -0.454 e. The lowest BCUT2D eigenvalue weighted by Crippen LogP contribution is -2.36. The maximum atomic E-state index is 12.1. The number of nitrogens with one attached hydrogen (secondary N) is 1. The summed E-state index contributed by atoms with van der Waals surface area (Å²) in [5.74, 6) is 1.49. The van der Waals surface area contributed by atoms with Gasteiger partial charge >= 0.3 is 5.88 Å². The van der Waals surface area contributed by atoms with Gasteiger partial charge < -0.3 is 9.47 Å². The molecule has 0 saturated carbocycles. The van der Waals surface area contributed by atoms with Gasteiger partial charge in [-0.2, -0.15) is 5.10 Å². The Balaban J connectivity index is 1.38. The van der Waals surface area contributed by atoms with Crippen LogP contribution in [0.4, 0.5) is 5.88 Å². The molecule has 11 heteroatoms. The largest absolute Gasteiger partial charge is 0.454 e. The summed E-state index contributed by atoms with van der Waals surface area (Å²) >= 11 is 1.17. The number of aromatic nitrogens is 5. The molecule has 10 nitrogen and oxygen atoms in total. The molecular formula is C17H17N6O4S+. The third kappa shape index (κ3) is 4.03. The molecule has 0 atom stereocenters. The van der Waals surface area contributed by atoms with Crippen molar-refractivity contribution in [1.29, 1.82) is 0 Å². The van der Waals surface area contributed by atoms with Gasteiger partial charge in [0.2, 0.25) is 23.1 Å². The highest BCUT2D eigenvalue weighted by Gasteiger charge is 2.18. The summed E-state index contributed by atoms with van der Waals surface area (Å²) in [5, 5.41) is 14.8. The van der Waals surface area contributed by atoms with Crippen LogP contribution in [0.25, 0.3) is 11.3 Å². The minimum absolute atomic E-state index is 0.106. The number of hydrogen-bond acceptors (Lipinski definition) is 9. The summed E-state index contributed by atoms with van der Waals surface area (Å²) in [6.45, 7) is 4.13. The first kappa shape index (κ1) is 18.2. The average Bonchev–Trinajstić information content (AvgIpc) is 3.35. The molecular weight excluding hydrogens is 384 g/mol. The highest BCUT2D eigenvalue weighted by molar-refractivity contribution is 7.99. The summed E-state index contributed by atoms with van der Waals surface area (Å²) in [6, 6.07) is 5.66. The first-order chi connectivity index (χ1) is 13.6. The monoisotopic (exact) mass is 401 g/mol. The molecule has 28 heavy (non-hydrogen) atoms. The quantitative estimate of drug-likeness (QED) is 0.488. The minimum atomic E-state index is -0.255. The van der Waals surface area contributed by atoms with Gasteiger partial charge in [-0.3, -0.25) is 14.6 Å². The van der Waals surface area contributed by atoms with Gasteiger partial charge in [-0.1, -0.05) is 11.8 Å². The van der Waals surface area contributed by atoms with Crippen molar-refractivity contribution in [3.63, 3.8) is 0 Å². The van der Waals surface area contributed by atoms with Gasteiger partial charge in [-0.15, -0.1) is 5.10 Å². The van der Waals surface area contributed by atoms with Crippen LogP contribution in [0.1, 0.15) is 19.9 Å². The maximum Gasteiger partial charge on any atom is 0.302 e. The van der Waals surface area contributed by atoms with Crippen molar-refractivity contribution in [3.05, 3.63) is 30.6 Å². The SMILES string of the molecule is CC(C)[n+]1cc(NC(=O)CSc2nncc(-c3ccc4c(c3)OCO4)n2)on1. The second-order valence-electron chi connectivity index (χ2n) is 6.17. The molecule has 1 aliphatic rings. The Labute approximate surface area is 164 Å². The number of nitrogens with zero attached hydrogens (tertiary/aromatic N) is 5. The fourth-order valence-corrected chi connectivity index (χ4v) is 3.00. The molecule has 0 unspecified atom stereocenters. The van der Waals surface area contributed by atoms with Gasteiger partial charge in [0.25, 0.3) is 6.20 Å². The van der Waals surface area contributed by atoms with Gasteiger partial charge in [-0.25, -0.2) is 4.98 Å². The molecule has 3 heterocycles. The Bertz CT molecular complexity index is 1010. The maximum absolute atomic E-state index is 12.1. The van der Waals surface area contributed by atoms with E-state index in [0.29, 0.717) is 22.3 Å². The number of rotatable bonds is 6. The number of thioether (sulfide) groups is 1. The summed E-state index contributed by atoms with van der Waals surface area (Å²) in [4.78, 5) is 16.6. The van der Waals surface area contributed by atoms with Crippen LogP contribution in [0.2, 0.25) is 0 Å². The molecule has 0 fully saturated rings. The molecule has 3 aromatic rings. The van der Waals surface area contributed by atoms with Gasteiger partial charge in [0.1, 0.15) is 0 Å². The van der Waals surface area contributed by atoms with Crippen LogP contribution in [-0.2, 0) is 4.79 Å². The molecule has 4 rings (SSSR count). The Morgan fingerprint density at radius 1 is 1.32 bits per heavy atom. The van der Waals surface area contributed by atoms with Crippen molar-refractivity contribution in [3.8, 4) is 22.8 Å². The second-order valence-corrected chi connectivity index (χ2v) is 7.11. The van der Waals surface area contributed by atoms with Crippen molar-refractivity contribution >= 4 is 23.6 Å². The van der Waals surface area contributed by atoms with E-state index in [1.165, 1.54) is 11.8 Å². The zero-order chi connectivity index (χ0) is 19.5. The molecule has 2 aromatic heterocycles. The molecule has 0 saturated heterocycles. The third-order valence-corrected chi connectivity index (χ3v) is 4.65. The van der Waals surface area contributed by atoms with Crippen molar-refractivity contribution in [2.45, 2.75) is 25.0 Å². The Hall–Kier alpha value is -3.21. The Morgan fingerprint density at radius 3 is 3.00 bits per heavy atom. The van der Waals surface area contributed by atoms with E-state index in [-0.39, 0.29) is 30.4 Å². The van der Waals surface area contributed by atoms with Crippen molar-refractivity contribution in [1.82, 2.24) is 20.5 Å². The number of hydrogen-bond donors (Lipinski definition) is 1. The molecule has 0 bridgehead atoms. The summed E-state index contributed by atoms with van der Waals surface area (Å²) in [5.41, 5.74) is 1.45. The first-order valence-electron chi connectivity index (χ1n) is 8.49. The summed E-state index contributed by atoms with van der Waals surface area (Å²) < 4.78 is 17.4. The fourth-order valence-electron chi connectivity index (χ4n) is 2.40. The van der Waals surface area contributed by atoms with Crippen molar-refractivity contribution in [2.75, 3.05) is 17.9 Å². The average molecular weight is 401 g/mol. The number of amides is 1. The van der Waals surface area contributed by atoms with Crippen LogP contribution < -0.4 is 19.5 Å². The van der Waals surface area contributed by atoms with Crippen LogP contribution in [0.15, 0.2) is 40.3 Å². The van der Waals surface area contributed by atoms with E-state index in [1.807, 2.05) is 32.0 Å². The van der Waals surface area contributed by atoms with E-state index in [2.05, 4.69) is 25.8 Å². The number of anilines is 1. The fraction of sp³-hybridized carbons (Fsp3) is 0.294. The van der Waals surface area contributed by atoms with E-state index in [9.17, 15) is 4.79 Å². The number of ether oxygens (including phenoxy) is 2. The highest BCUT2D eigenvalue weighted by Crippen LogP contribution is 2.35. The van der Waals surface area contributed by atoms with Crippen LogP contribution in [0.5, 0.6) is 11.5 Å². The zero-order valence-corrected chi connectivity index (χ0v) is 16.0. The molecule has 0 aliphatic carbocycles. The summed E-state index contributed by atoms with van der Waals surface area (Å²) in [7, 11) is 0. The lowest BCUT2D eigenvalue weighted by atomic mass is 10.1. The second kappa shape index (κ2) is 7.80. The van der Waals surface area contributed by atoms with Crippen LogP contribution >= 0.6 is 11.8 Å². The predicted octanol–water partition coefficient (Wildman–Crippen LogP) is 1.85. The van der Waals surface area contributed by atoms with Crippen LogP contribution in [0, 0.1) is 0 Å². The van der Waals surface area contributed by atoms with Gasteiger partial charge in [-0.05, 0) is 36.7 Å². The first-order valence-corrected chi connectivity index (χ1v) is 9.47. The topological polar surface area (TPSA) is 116 Å². The predicted molar refractivity (Wildman–Crippen MR) is 97.8 cm³/mol. The van der Waals surface area contributed by atoms with E-state index < -0.39 is 0 Å². The molecule has 144 valence electrons. The molecule has 1 aromatic carbocycles. The number of fused-ring (bicyclic) bond motifs is 1. The van der Waals surface area contributed by atoms with E-state index in [1.54, 1.807) is 17.1 Å². The van der Waals surface area contributed by atoms with E-state index in [0.717, 1.165) is 5.56 Å². The van der Waals surface area contributed by atoms with E-state index in [4.69, 9.17) is 14.0 Å². The molecule has 1 amide bonds. The normalized spacial score (nSPS) is 12.4. The number of benzene rings is 1. The number of carbonyl (C=O) groups is 1. The van der Waals surface area contributed by atoms with Crippen LogP contribution in [-0.4, -0.2) is 38.9 Å². The third-order valence-electron chi connectivity index (χ3n) is 3.81. The van der Waals surface area contributed by atoms with Crippen molar-refractivity contribution < 1.29 is 23.5 Å². The summed E-state index contributed by atoms with van der Waals surface area (Å²) in [6.07, 6.45) is 3.19. The van der Waals surface area contributed by atoms with Crippen molar-refractivity contribution in [2.24, 2.45) is 0 Å². The Kier molecular flexibility index (Phi) is 5.06. The molecule has 0 radical (unpaired) electrons. The molecule has 1 N–H and O–H groups in total. The molecule has 1 aliphatic heterocycles. The highest BCUT2D eigenvalue weighted by atomic mass is 32.2. The van der Waals surface area contributed by atoms with Gasteiger partial charge in [0, 0.05) is 5.56 Å².